The second kappa shape index (κ2) is 13.2. The maximum absolute atomic E-state index is 13.0. The molecule has 0 saturated carbocycles. The fourth-order valence-electron chi connectivity index (χ4n) is 4.10. The molecule has 3 rings (SSSR count). The number of benzene rings is 1. The Labute approximate surface area is 206 Å². The van der Waals surface area contributed by atoms with E-state index < -0.39 is 0 Å². The smallest absolute Gasteiger partial charge is 0.307 e. The minimum Gasteiger partial charge on any atom is -0.487 e. The van der Waals surface area contributed by atoms with E-state index in [9.17, 15) is 9.59 Å². The zero-order valence-corrected chi connectivity index (χ0v) is 21.2. The maximum Gasteiger partial charge on any atom is 0.307 e. The van der Waals surface area contributed by atoms with Crippen LogP contribution in [0.25, 0.3) is 6.08 Å². The summed E-state index contributed by atoms with van der Waals surface area (Å²) in [7, 11) is 0. The molecule has 8 heteroatoms. The molecular formula is C26H35N3O4S. The van der Waals surface area contributed by atoms with Crippen molar-refractivity contribution in [2.45, 2.75) is 52.7 Å². The summed E-state index contributed by atoms with van der Waals surface area (Å²) < 4.78 is 10.8. The van der Waals surface area contributed by atoms with Gasteiger partial charge in [0.05, 0.1) is 23.7 Å². The molecule has 1 amide bonds. The SMILES string of the molecule is CCOC(=O)CCN(CC1CCCN1CC)C(=O)C=Cc1ccc(OCc2csc(C)n2)cc1. The molecule has 1 saturated heterocycles. The highest BCUT2D eigenvalue weighted by Gasteiger charge is 2.26. The topological polar surface area (TPSA) is 72.0 Å². The van der Waals surface area contributed by atoms with E-state index in [1.165, 1.54) is 0 Å². The van der Waals surface area contributed by atoms with Crippen molar-refractivity contribution in [3.05, 3.63) is 52.0 Å². The Morgan fingerprint density at radius 3 is 2.74 bits per heavy atom. The minimum absolute atomic E-state index is 0.0912. The molecule has 2 heterocycles. The predicted octanol–water partition coefficient (Wildman–Crippen LogP) is 4.31. The molecule has 0 N–H and O–H groups in total. The van der Waals surface area contributed by atoms with Crippen molar-refractivity contribution < 1.29 is 19.1 Å². The van der Waals surface area contributed by atoms with E-state index in [2.05, 4.69) is 16.8 Å². The van der Waals surface area contributed by atoms with E-state index in [-0.39, 0.29) is 18.3 Å². The number of likely N-dealkylation sites (N-methyl/N-ethyl adjacent to an activating group) is 1. The van der Waals surface area contributed by atoms with Crippen molar-refractivity contribution in [2.24, 2.45) is 0 Å². The molecule has 0 bridgehead atoms. The number of hydrogen-bond acceptors (Lipinski definition) is 7. The molecule has 7 nitrogen and oxygen atoms in total. The van der Waals surface area contributed by atoms with Crippen LogP contribution in [-0.4, -0.2) is 65.5 Å². The van der Waals surface area contributed by atoms with Gasteiger partial charge in [0.2, 0.25) is 5.91 Å². The molecule has 0 spiro atoms. The monoisotopic (exact) mass is 485 g/mol. The number of carbonyl (C=O) groups is 2. The maximum atomic E-state index is 13.0. The highest BCUT2D eigenvalue weighted by molar-refractivity contribution is 7.09. The number of thiazole rings is 1. The van der Waals surface area contributed by atoms with Crippen LogP contribution in [0.15, 0.2) is 35.7 Å². The van der Waals surface area contributed by atoms with Crippen LogP contribution in [0.4, 0.5) is 0 Å². The number of ether oxygens (including phenoxy) is 2. The number of aromatic nitrogens is 1. The molecule has 1 aromatic heterocycles. The first-order valence-corrected chi connectivity index (χ1v) is 12.9. The molecule has 2 aromatic rings. The third kappa shape index (κ3) is 7.95. The van der Waals surface area contributed by atoms with Crippen LogP contribution in [0.1, 0.15) is 49.4 Å². The Balaban J connectivity index is 1.58. The number of amides is 1. The summed E-state index contributed by atoms with van der Waals surface area (Å²) in [5.41, 5.74) is 1.83. The average Bonchev–Trinajstić information content (AvgIpc) is 3.47. The quantitative estimate of drug-likeness (QED) is 0.330. The number of hydrogen-bond donors (Lipinski definition) is 0. The third-order valence-electron chi connectivity index (χ3n) is 5.89. The molecule has 184 valence electrons. The van der Waals surface area contributed by atoms with Crippen molar-refractivity contribution in [3.8, 4) is 5.75 Å². The van der Waals surface area contributed by atoms with Crippen molar-refractivity contribution >= 4 is 29.3 Å². The molecule has 1 aromatic carbocycles. The van der Waals surface area contributed by atoms with Crippen molar-refractivity contribution in [1.29, 1.82) is 0 Å². The van der Waals surface area contributed by atoms with Crippen LogP contribution in [0, 0.1) is 6.92 Å². The Bertz CT molecular complexity index is 957. The zero-order valence-electron chi connectivity index (χ0n) is 20.4. The number of rotatable bonds is 12. The summed E-state index contributed by atoms with van der Waals surface area (Å²) in [6.07, 6.45) is 5.81. The van der Waals surface area contributed by atoms with E-state index >= 15 is 0 Å². The largest absolute Gasteiger partial charge is 0.487 e. The fourth-order valence-corrected chi connectivity index (χ4v) is 4.70. The third-order valence-corrected chi connectivity index (χ3v) is 6.71. The van der Waals surface area contributed by atoms with Crippen LogP contribution in [-0.2, 0) is 20.9 Å². The first kappa shape index (κ1) is 25.9. The van der Waals surface area contributed by atoms with E-state index in [1.54, 1.807) is 35.3 Å². The molecule has 1 aliphatic heterocycles. The first-order valence-electron chi connectivity index (χ1n) is 12.0. The Hall–Kier alpha value is -2.71. The van der Waals surface area contributed by atoms with Gasteiger partial charge in [0, 0.05) is 30.6 Å². The van der Waals surface area contributed by atoms with E-state index in [0.717, 1.165) is 47.9 Å². The normalized spacial score (nSPS) is 16.1. The second-order valence-corrected chi connectivity index (χ2v) is 9.38. The summed E-state index contributed by atoms with van der Waals surface area (Å²) in [5, 5.41) is 3.02. The van der Waals surface area contributed by atoms with Crippen molar-refractivity contribution in [1.82, 2.24) is 14.8 Å². The lowest BCUT2D eigenvalue weighted by Crippen LogP contribution is -2.43. The number of likely N-dealkylation sites (tertiary alicyclic amines) is 1. The van der Waals surface area contributed by atoms with E-state index in [4.69, 9.17) is 9.47 Å². The van der Waals surface area contributed by atoms with Gasteiger partial charge in [-0.3, -0.25) is 14.5 Å². The lowest BCUT2D eigenvalue weighted by molar-refractivity contribution is -0.143. The highest BCUT2D eigenvalue weighted by Crippen LogP contribution is 2.19. The van der Waals surface area contributed by atoms with Gasteiger partial charge in [0.25, 0.3) is 0 Å². The van der Waals surface area contributed by atoms with Crippen LogP contribution >= 0.6 is 11.3 Å². The summed E-state index contributed by atoms with van der Waals surface area (Å²) in [5.74, 6) is 0.393. The minimum atomic E-state index is -0.272. The van der Waals surface area contributed by atoms with Gasteiger partial charge in [-0.25, -0.2) is 4.98 Å². The molecule has 1 aliphatic rings. The Kier molecular flexibility index (Phi) is 10.1. The first-order chi connectivity index (χ1) is 16.5. The van der Waals surface area contributed by atoms with E-state index in [0.29, 0.717) is 32.3 Å². The fraction of sp³-hybridized carbons (Fsp3) is 0.500. The summed E-state index contributed by atoms with van der Waals surface area (Å²) in [6, 6.07) is 7.95. The van der Waals surface area contributed by atoms with Crippen molar-refractivity contribution in [2.75, 3.05) is 32.8 Å². The van der Waals surface area contributed by atoms with Crippen LogP contribution in [0.2, 0.25) is 0 Å². The number of nitrogens with zero attached hydrogens (tertiary/aromatic N) is 3. The Morgan fingerprint density at radius 1 is 1.26 bits per heavy atom. The van der Waals surface area contributed by atoms with Crippen LogP contribution < -0.4 is 4.74 Å². The van der Waals surface area contributed by atoms with Gasteiger partial charge in [-0.15, -0.1) is 11.3 Å². The molecule has 1 fully saturated rings. The number of aryl methyl sites for hydroxylation is 1. The summed E-state index contributed by atoms with van der Waals surface area (Å²) in [4.78, 5) is 33.5. The molecular weight excluding hydrogens is 450 g/mol. The van der Waals surface area contributed by atoms with Gasteiger partial charge >= 0.3 is 5.97 Å². The van der Waals surface area contributed by atoms with Gasteiger partial charge in [0.1, 0.15) is 12.4 Å². The molecule has 34 heavy (non-hydrogen) atoms. The molecule has 1 atom stereocenters. The Morgan fingerprint density at radius 2 is 2.06 bits per heavy atom. The zero-order chi connectivity index (χ0) is 24.3. The standard InChI is InChI=1S/C26H35N3O4S/c1-4-28-15-6-7-23(28)17-29(16-14-26(31)32-5-2)25(30)13-10-21-8-11-24(12-9-21)33-18-22-19-34-20(3)27-22/h8-13,19,23H,4-7,14-18H2,1-3H3. The van der Waals surface area contributed by atoms with E-state index in [1.807, 2.05) is 36.6 Å². The van der Waals surface area contributed by atoms with Crippen LogP contribution in [0.3, 0.4) is 0 Å². The molecule has 0 aliphatic carbocycles. The van der Waals surface area contributed by atoms with Crippen molar-refractivity contribution in [3.63, 3.8) is 0 Å². The average molecular weight is 486 g/mol. The molecule has 0 radical (unpaired) electrons. The van der Waals surface area contributed by atoms with Gasteiger partial charge in [0.15, 0.2) is 0 Å². The lowest BCUT2D eigenvalue weighted by Gasteiger charge is -2.29. The van der Waals surface area contributed by atoms with Gasteiger partial charge in [-0.1, -0.05) is 19.1 Å². The summed E-state index contributed by atoms with van der Waals surface area (Å²) >= 11 is 1.61. The van der Waals surface area contributed by atoms with Gasteiger partial charge in [-0.2, -0.15) is 0 Å². The predicted molar refractivity (Wildman–Crippen MR) is 135 cm³/mol. The molecule has 1 unspecified atom stereocenters. The number of carbonyl (C=O) groups excluding carboxylic acids is 2. The second-order valence-electron chi connectivity index (χ2n) is 8.31. The van der Waals surface area contributed by atoms with Crippen LogP contribution in [0.5, 0.6) is 5.75 Å². The summed E-state index contributed by atoms with van der Waals surface area (Å²) in [6.45, 7) is 9.71. The lowest BCUT2D eigenvalue weighted by atomic mass is 10.1. The number of esters is 1. The van der Waals surface area contributed by atoms with Gasteiger partial charge < -0.3 is 14.4 Å². The highest BCUT2D eigenvalue weighted by atomic mass is 32.1. The van der Waals surface area contributed by atoms with Gasteiger partial charge in [-0.05, 0) is 63.6 Å².